The van der Waals surface area contributed by atoms with E-state index in [0.29, 0.717) is 18.3 Å². The van der Waals surface area contributed by atoms with Gasteiger partial charge < -0.3 is 14.3 Å². The summed E-state index contributed by atoms with van der Waals surface area (Å²) in [6, 6.07) is 21.6. The Kier molecular flexibility index (Phi) is 13.0. The number of ether oxygens (including phenoxy) is 1. The van der Waals surface area contributed by atoms with Crippen molar-refractivity contribution in [3.8, 4) is 0 Å². The number of carbonyl (C=O) groups is 1. The lowest BCUT2D eigenvalue weighted by Gasteiger charge is -2.47. The zero-order valence-corrected chi connectivity index (χ0v) is 31.0. The Bertz CT molecular complexity index is 1260. The quantitative estimate of drug-likeness (QED) is 0.127. The molecular weight excluding hydrogens is 585 g/mol. The van der Waals surface area contributed by atoms with E-state index in [0.717, 1.165) is 19.3 Å². The molecule has 252 valence electrons. The second kappa shape index (κ2) is 15.9. The average molecular weight is 645 g/mol. The molecule has 5 heteroatoms. The minimum Gasteiger partial charge on any atom is -0.459 e. The third-order valence-corrected chi connectivity index (χ3v) is 15.0. The first-order valence-electron chi connectivity index (χ1n) is 17.1. The van der Waals surface area contributed by atoms with Gasteiger partial charge in [-0.05, 0) is 92.5 Å². The maximum Gasteiger partial charge on any atom is 0.311 e. The van der Waals surface area contributed by atoms with E-state index < -0.39 is 25.9 Å². The standard InChI is InChI=1S/C41H60O4Si/c1-12-20-31(45-46(41(9,10)11,32-21-16-14-17-22-32)33-23-18-15-19-24-33)27-36-34(29(3)4)26-25-30(5)35(36)28-38(37(42)13-2)44-39(43)40(6,7)8/h12-19,21-25,29,31,34-38,42H,1-2,20,26-28H2,3-11H3/t31-,34-,35+,36-,37+,38+/m1/s1. The van der Waals surface area contributed by atoms with Crippen molar-refractivity contribution in [3.63, 3.8) is 0 Å². The second-order valence-corrected chi connectivity index (χ2v) is 19.9. The summed E-state index contributed by atoms with van der Waals surface area (Å²) in [4.78, 5) is 13.0. The van der Waals surface area contributed by atoms with E-state index in [2.05, 4.69) is 121 Å². The molecule has 0 amide bonds. The summed E-state index contributed by atoms with van der Waals surface area (Å²) in [5.74, 6) is 0.939. The van der Waals surface area contributed by atoms with Gasteiger partial charge in [0.25, 0.3) is 8.32 Å². The first-order valence-corrected chi connectivity index (χ1v) is 19.1. The van der Waals surface area contributed by atoms with Crippen molar-refractivity contribution in [1.29, 1.82) is 0 Å². The molecule has 0 spiro atoms. The van der Waals surface area contributed by atoms with Crippen LogP contribution in [-0.4, -0.2) is 37.7 Å². The molecule has 6 atom stereocenters. The molecule has 0 unspecified atom stereocenters. The van der Waals surface area contributed by atoms with Gasteiger partial charge in [0, 0.05) is 6.10 Å². The number of esters is 1. The minimum atomic E-state index is -2.81. The van der Waals surface area contributed by atoms with Crippen molar-refractivity contribution in [2.24, 2.45) is 29.1 Å². The van der Waals surface area contributed by atoms with Gasteiger partial charge >= 0.3 is 5.97 Å². The third kappa shape index (κ3) is 8.79. The molecule has 3 rings (SSSR count). The van der Waals surface area contributed by atoms with Gasteiger partial charge in [-0.1, -0.05) is 119 Å². The van der Waals surface area contributed by atoms with Gasteiger partial charge in [-0.25, -0.2) is 0 Å². The maximum absolute atomic E-state index is 13.0. The van der Waals surface area contributed by atoms with E-state index in [-0.39, 0.29) is 28.9 Å². The van der Waals surface area contributed by atoms with Crippen LogP contribution >= 0.6 is 0 Å². The molecule has 1 aliphatic rings. The Morgan fingerprint density at radius 3 is 1.93 bits per heavy atom. The molecule has 0 saturated carbocycles. The van der Waals surface area contributed by atoms with Crippen molar-refractivity contribution in [2.45, 2.75) is 111 Å². The average Bonchev–Trinajstić information content (AvgIpc) is 3.00. The SMILES string of the molecule is C=CC[C@H](C[C@@H]1[C@@H](C(C)C)CC=C(C)[C@@H]1C[C@H](OC(=O)C(C)(C)C)[C@@H](O)C=C)O[Si](c1ccccc1)(c1ccccc1)C(C)(C)C. The number of allylic oxidation sites excluding steroid dienone is 2. The van der Waals surface area contributed by atoms with Crippen LogP contribution in [0.1, 0.15) is 88.0 Å². The van der Waals surface area contributed by atoms with E-state index in [4.69, 9.17) is 9.16 Å². The molecule has 46 heavy (non-hydrogen) atoms. The van der Waals surface area contributed by atoms with Crippen LogP contribution in [-0.2, 0) is 14.0 Å². The number of carbonyl (C=O) groups excluding carboxylic acids is 1. The lowest BCUT2D eigenvalue weighted by atomic mass is 9.64. The normalized spacial score (nSPS) is 21.2. The Labute approximate surface area is 281 Å². The zero-order valence-electron chi connectivity index (χ0n) is 30.0. The van der Waals surface area contributed by atoms with Gasteiger partial charge in [0.1, 0.15) is 12.2 Å². The Balaban J connectivity index is 2.11. The lowest BCUT2D eigenvalue weighted by molar-refractivity contribution is -0.164. The molecule has 0 heterocycles. The number of aliphatic hydroxyl groups excluding tert-OH is 1. The van der Waals surface area contributed by atoms with Crippen molar-refractivity contribution in [3.05, 3.63) is 97.6 Å². The summed E-state index contributed by atoms with van der Waals surface area (Å²) >= 11 is 0. The minimum absolute atomic E-state index is 0.0663. The first kappa shape index (κ1) is 37.7. The molecule has 2 aromatic rings. The van der Waals surface area contributed by atoms with E-state index in [1.54, 1.807) is 0 Å². The molecule has 1 aliphatic carbocycles. The smallest absolute Gasteiger partial charge is 0.311 e. The van der Waals surface area contributed by atoms with Gasteiger partial charge in [-0.15, -0.1) is 13.2 Å². The summed E-state index contributed by atoms with van der Waals surface area (Å²) < 4.78 is 13.7. The predicted molar refractivity (Wildman–Crippen MR) is 196 cm³/mol. The van der Waals surface area contributed by atoms with Crippen LogP contribution in [0.3, 0.4) is 0 Å². The fourth-order valence-electron chi connectivity index (χ4n) is 7.35. The summed E-state index contributed by atoms with van der Waals surface area (Å²) in [6.45, 7) is 27.3. The van der Waals surface area contributed by atoms with E-state index in [1.807, 2.05) is 26.8 Å². The summed E-state index contributed by atoms with van der Waals surface area (Å²) in [5, 5.41) is 13.4. The number of rotatable bonds is 14. The molecule has 0 bridgehead atoms. The van der Waals surface area contributed by atoms with Crippen molar-refractivity contribution in [1.82, 2.24) is 0 Å². The van der Waals surface area contributed by atoms with Gasteiger partial charge in [0.05, 0.1) is 5.41 Å². The van der Waals surface area contributed by atoms with Crippen molar-refractivity contribution < 1.29 is 19.1 Å². The van der Waals surface area contributed by atoms with Crippen LogP contribution < -0.4 is 10.4 Å². The molecule has 0 saturated heterocycles. The Morgan fingerprint density at radius 1 is 0.957 bits per heavy atom. The summed E-state index contributed by atoms with van der Waals surface area (Å²) in [5.41, 5.74) is 0.618. The number of benzene rings is 2. The molecule has 0 radical (unpaired) electrons. The van der Waals surface area contributed by atoms with Crippen LogP contribution in [0.2, 0.25) is 5.04 Å². The summed E-state index contributed by atoms with van der Waals surface area (Å²) in [6.07, 6.45) is 7.28. The van der Waals surface area contributed by atoms with Crippen LogP contribution in [0, 0.1) is 29.1 Å². The number of hydrogen-bond donors (Lipinski definition) is 1. The third-order valence-electron chi connectivity index (χ3n) is 9.92. The highest BCUT2D eigenvalue weighted by atomic mass is 28.4. The first-order chi connectivity index (χ1) is 21.6. The van der Waals surface area contributed by atoms with Crippen LogP contribution in [0.15, 0.2) is 97.6 Å². The highest BCUT2D eigenvalue weighted by Gasteiger charge is 2.52. The Morgan fingerprint density at radius 2 is 1.50 bits per heavy atom. The highest BCUT2D eigenvalue weighted by molar-refractivity contribution is 6.99. The lowest BCUT2D eigenvalue weighted by Crippen LogP contribution is -2.67. The molecule has 0 fully saturated rings. The molecule has 2 aromatic carbocycles. The van der Waals surface area contributed by atoms with E-state index in [1.165, 1.54) is 22.0 Å². The number of aliphatic hydroxyl groups is 1. The van der Waals surface area contributed by atoms with E-state index in [9.17, 15) is 9.90 Å². The molecule has 0 aliphatic heterocycles. The molecule has 1 N–H and O–H groups in total. The van der Waals surface area contributed by atoms with Crippen molar-refractivity contribution in [2.75, 3.05) is 0 Å². The molecule has 4 nitrogen and oxygen atoms in total. The van der Waals surface area contributed by atoms with Gasteiger partial charge in [0.2, 0.25) is 0 Å². The largest absolute Gasteiger partial charge is 0.459 e. The van der Waals surface area contributed by atoms with Crippen LogP contribution in [0.5, 0.6) is 0 Å². The zero-order chi connectivity index (χ0) is 34.3. The van der Waals surface area contributed by atoms with Crippen LogP contribution in [0.4, 0.5) is 0 Å². The van der Waals surface area contributed by atoms with Crippen LogP contribution in [0.25, 0.3) is 0 Å². The highest BCUT2D eigenvalue weighted by Crippen LogP contribution is 2.46. The Hall–Kier alpha value is -2.73. The number of hydrogen-bond acceptors (Lipinski definition) is 4. The van der Waals surface area contributed by atoms with Gasteiger partial charge in [-0.2, -0.15) is 0 Å². The van der Waals surface area contributed by atoms with Gasteiger partial charge in [-0.3, -0.25) is 4.79 Å². The van der Waals surface area contributed by atoms with Gasteiger partial charge in [0.15, 0.2) is 0 Å². The molecule has 0 aromatic heterocycles. The second-order valence-electron chi connectivity index (χ2n) is 15.7. The fraction of sp³-hybridized carbons (Fsp3) is 0.537. The predicted octanol–water partition coefficient (Wildman–Crippen LogP) is 8.65. The topological polar surface area (TPSA) is 55.8 Å². The summed E-state index contributed by atoms with van der Waals surface area (Å²) in [7, 11) is -2.81. The monoisotopic (exact) mass is 644 g/mol. The van der Waals surface area contributed by atoms with E-state index >= 15 is 0 Å². The van der Waals surface area contributed by atoms with Crippen molar-refractivity contribution >= 4 is 24.7 Å². The fourth-order valence-corrected chi connectivity index (χ4v) is 12.1. The molecular formula is C41H60O4Si. The maximum atomic E-state index is 13.0.